The third-order valence-electron chi connectivity index (χ3n) is 3.76. The van der Waals surface area contributed by atoms with Crippen molar-refractivity contribution in [1.82, 2.24) is 9.38 Å². The molecule has 0 saturated carbocycles. The number of hydrogen-bond donors (Lipinski definition) is 0. The molecule has 2 aromatic heterocycles. The molecule has 0 bridgehead atoms. The fourth-order valence-electron chi connectivity index (χ4n) is 2.74. The molecule has 0 saturated heterocycles. The van der Waals surface area contributed by atoms with E-state index in [9.17, 15) is 0 Å². The molecule has 0 fully saturated rings. The van der Waals surface area contributed by atoms with Crippen LogP contribution in [0.3, 0.4) is 0 Å². The van der Waals surface area contributed by atoms with Crippen LogP contribution >= 0.6 is 11.6 Å². The Morgan fingerprint density at radius 2 is 2.09 bits per heavy atom. The van der Waals surface area contributed by atoms with E-state index in [1.807, 2.05) is 31.2 Å². The maximum atomic E-state index is 6.42. The third-order valence-corrected chi connectivity index (χ3v) is 3.97. The lowest BCUT2D eigenvalue weighted by Gasteiger charge is -2.08. The van der Waals surface area contributed by atoms with Gasteiger partial charge in [0.1, 0.15) is 11.4 Å². The fourth-order valence-corrected chi connectivity index (χ4v) is 2.98. The van der Waals surface area contributed by atoms with Crippen molar-refractivity contribution in [1.29, 1.82) is 0 Å². The largest absolute Gasteiger partial charge is 0.497 e. The highest BCUT2D eigenvalue weighted by atomic mass is 35.5. The number of halogens is 1. The van der Waals surface area contributed by atoms with Gasteiger partial charge in [0.2, 0.25) is 0 Å². The number of methoxy groups -OCH3 is 1. The zero-order chi connectivity index (χ0) is 15.7. The molecule has 22 heavy (non-hydrogen) atoms. The van der Waals surface area contributed by atoms with Gasteiger partial charge in [-0.25, -0.2) is 4.98 Å². The zero-order valence-electron chi connectivity index (χ0n) is 13.0. The van der Waals surface area contributed by atoms with Gasteiger partial charge in [-0.2, -0.15) is 0 Å². The van der Waals surface area contributed by atoms with Crippen molar-refractivity contribution < 1.29 is 4.74 Å². The summed E-state index contributed by atoms with van der Waals surface area (Å²) < 4.78 is 7.39. The van der Waals surface area contributed by atoms with E-state index in [1.54, 1.807) is 7.11 Å². The molecule has 0 radical (unpaired) electrons. The zero-order valence-corrected chi connectivity index (χ0v) is 13.8. The summed E-state index contributed by atoms with van der Waals surface area (Å²) in [6.45, 7) is 4.06. The summed E-state index contributed by atoms with van der Waals surface area (Å²) in [6.07, 6.45) is 2.83. The monoisotopic (exact) mass is 314 g/mol. The maximum absolute atomic E-state index is 6.42. The first-order valence-corrected chi connectivity index (χ1v) is 7.76. The summed E-state index contributed by atoms with van der Waals surface area (Å²) in [7, 11) is 1.68. The lowest BCUT2D eigenvalue weighted by Crippen LogP contribution is -1.99. The highest BCUT2D eigenvalue weighted by Gasteiger charge is 2.17. The minimum atomic E-state index is -0.0996. The fraction of sp³-hybridized carbons (Fsp3) is 0.278. The molecule has 3 nitrogen and oxygen atoms in total. The van der Waals surface area contributed by atoms with Crippen LogP contribution < -0.4 is 4.74 Å². The van der Waals surface area contributed by atoms with Crippen molar-refractivity contribution in [3.63, 3.8) is 0 Å². The van der Waals surface area contributed by atoms with Crippen LogP contribution in [0.2, 0.25) is 0 Å². The Labute approximate surface area is 135 Å². The van der Waals surface area contributed by atoms with Gasteiger partial charge < -0.3 is 9.14 Å². The lowest BCUT2D eigenvalue weighted by molar-refractivity contribution is 0.414. The summed E-state index contributed by atoms with van der Waals surface area (Å²) in [5, 5.41) is -0.0996. The number of alkyl halides is 1. The first-order chi connectivity index (χ1) is 10.6. The minimum Gasteiger partial charge on any atom is -0.497 e. The topological polar surface area (TPSA) is 26.5 Å². The Bertz CT molecular complexity index is 808. The second-order valence-corrected chi connectivity index (χ2v) is 6.18. The Balaban J connectivity index is 2.07. The van der Waals surface area contributed by atoms with Gasteiger partial charge in [0, 0.05) is 12.6 Å². The summed E-state index contributed by atoms with van der Waals surface area (Å²) in [5.74, 6) is 0.859. The van der Waals surface area contributed by atoms with Crippen LogP contribution in [0.4, 0.5) is 0 Å². The number of ether oxygens (including phenoxy) is 1. The SMILES string of the molecule is COc1cccc(Cc2nc3ccc(C)cn3c2C(C)Cl)c1. The number of pyridine rings is 1. The van der Waals surface area contributed by atoms with Crippen molar-refractivity contribution in [2.24, 2.45) is 0 Å². The number of imidazole rings is 1. The number of fused-ring (bicyclic) bond motifs is 1. The van der Waals surface area contributed by atoms with Crippen LogP contribution in [0.15, 0.2) is 42.6 Å². The molecule has 0 N–H and O–H groups in total. The van der Waals surface area contributed by atoms with Crippen molar-refractivity contribution in [3.05, 3.63) is 65.1 Å². The van der Waals surface area contributed by atoms with Crippen LogP contribution in [0.5, 0.6) is 5.75 Å². The second-order valence-electron chi connectivity index (χ2n) is 5.52. The molecule has 3 rings (SSSR count). The summed E-state index contributed by atoms with van der Waals surface area (Å²) in [4.78, 5) is 4.76. The number of aromatic nitrogens is 2. The van der Waals surface area contributed by atoms with Gasteiger partial charge in [-0.15, -0.1) is 11.6 Å². The molecular weight excluding hydrogens is 296 g/mol. The quantitative estimate of drug-likeness (QED) is 0.661. The van der Waals surface area contributed by atoms with Gasteiger partial charge in [0.05, 0.1) is 23.9 Å². The van der Waals surface area contributed by atoms with E-state index >= 15 is 0 Å². The van der Waals surface area contributed by atoms with Crippen LogP contribution in [0, 0.1) is 6.92 Å². The molecule has 0 aliphatic carbocycles. The average molecular weight is 315 g/mol. The molecule has 1 aromatic carbocycles. The summed E-state index contributed by atoms with van der Waals surface area (Å²) in [6, 6.07) is 12.2. The molecule has 0 spiro atoms. The molecular formula is C18H19ClN2O. The number of rotatable bonds is 4. The van der Waals surface area contributed by atoms with Crippen LogP contribution in [0.25, 0.3) is 5.65 Å². The highest BCUT2D eigenvalue weighted by molar-refractivity contribution is 6.20. The van der Waals surface area contributed by atoms with E-state index in [2.05, 4.69) is 29.7 Å². The minimum absolute atomic E-state index is 0.0996. The van der Waals surface area contributed by atoms with Gasteiger partial charge in [-0.1, -0.05) is 18.2 Å². The van der Waals surface area contributed by atoms with Crippen LogP contribution in [-0.2, 0) is 6.42 Å². The Morgan fingerprint density at radius 3 is 2.82 bits per heavy atom. The Hall–Kier alpha value is -2.00. The molecule has 0 amide bonds. The maximum Gasteiger partial charge on any atom is 0.137 e. The van der Waals surface area contributed by atoms with Crippen molar-refractivity contribution in [3.8, 4) is 5.75 Å². The van der Waals surface area contributed by atoms with Gasteiger partial charge in [-0.05, 0) is 43.2 Å². The van der Waals surface area contributed by atoms with Gasteiger partial charge >= 0.3 is 0 Å². The van der Waals surface area contributed by atoms with E-state index in [1.165, 1.54) is 5.56 Å². The Morgan fingerprint density at radius 1 is 1.27 bits per heavy atom. The molecule has 2 heterocycles. The number of nitrogens with zero attached hydrogens (tertiary/aromatic N) is 2. The van der Waals surface area contributed by atoms with Gasteiger partial charge in [0.25, 0.3) is 0 Å². The molecule has 1 atom stereocenters. The smallest absolute Gasteiger partial charge is 0.137 e. The number of benzene rings is 1. The summed E-state index contributed by atoms with van der Waals surface area (Å²) in [5.41, 5.74) is 5.37. The molecule has 3 aromatic rings. The number of aryl methyl sites for hydroxylation is 1. The molecule has 1 unspecified atom stereocenters. The van der Waals surface area contributed by atoms with E-state index in [4.69, 9.17) is 21.3 Å². The van der Waals surface area contributed by atoms with Gasteiger partial charge in [0.15, 0.2) is 0 Å². The van der Waals surface area contributed by atoms with E-state index in [0.717, 1.165) is 34.8 Å². The standard InChI is InChI=1S/C18H19ClN2O/c1-12-7-8-17-20-16(18(13(2)19)21(17)11-12)10-14-5-4-6-15(9-14)22-3/h4-9,11,13H,10H2,1-3H3. The second kappa shape index (κ2) is 6.01. The predicted molar refractivity (Wildman–Crippen MR) is 90.0 cm³/mol. The molecule has 4 heteroatoms. The first kappa shape index (κ1) is 14.9. The van der Waals surface area contributed by atoms with E-state index in [-0.39, 0.29) is 5.38 Å². The molecule has 0 aliphatic heterocycles. The molecule has 114 valence electrons. The number of hydrogen-bond acceptors (Lipinski definition) is 2. The normalized spacial score (nSPS) is 12.5. The van der Waals surface area contributed by atoms with Crippen molar-refractivity contribution in [2.75, 3.05) is 7.11 Å². The van der Waals surface area contributed by atoms with E-state index < -0.39 is 0 Å². The van der Waals surface area contributed by atoms with Crippen molar-refractivity contribution >= 4 is 17.2 Å². The predicted octanol–water partition coefficient (Wildman–Crippen LogP) is 4.54. The first-order valence-electron chi connectivity index (χ1n) is 7.33. The lowest BCUT2D eigenvalue weighted by atomic mass is 10.1. The summed E-state index contributed by atoms with van der Waals surface area (Å²) >= 11 is 6.42. The Kier molecular flexibility index (Phi) is 4.08. The van der Waals surface area contributed by atoms with Gasteiger partial charge in [-0.3, -0.25) is 0 Å². The molecule has 0 aliphatic rings. The highest BCUT2D eigenvalue weighted by Crippen LogP contribution is 2.27. The van der Waals surface area contributed by atoms with Crippen LogP contribution in [-0.4, -0.2) is 16.5 Å². The average Bonchev–Trinajstić information content (AvgIpc) is 2.84. The van der Waals surface area contributed by atoms with E-state index in [0.29, 0.717) is 0 Å². The third kappa shape index (κ3) is 2.81. The van der Waals surface area contributed by atoms with Crippen LogP contribution in [0.1, 0.15) is 34.8 Å². The van der Waals surface area contributed by atoms with Crippen molar-refractivity contribution in [2.45, 2.75) is 25.6 Å².